The highest BCUT2D eigenvalue weighted by molar-refractivity contribution is 5.85. The van der Waals surface area contributed by atoms with Crippen LogP contribution in [0.25, 0.3) is 0 Å². The zero-order valence-corrected chi connectivity index (χ0v) is 10.7. The van der Waals surface area contributed by atoms with E-state index in [1.165, 1.54) is 0 Å². The fourth-order valence-electron chi connectivity index (χ4n) is 2.34. The maximum Gasteiger partial charge on any atom is 0.307 e. The van der Waals surface area contributed by atoms with Gasteiger partial charge in [-0.05, 0) is 25.0 Å². The van der Waals surface area contributed by atoms with Crippen molar-refractivity contribution in [3.63, 3.8) is 0 Å². The summed E-state index contributed by atoms with van der Waals surface area (Å²) in [5, 5.41) is 11.9. The van der Waals surface area contributed by atoms with Crippen LogP contribution in [0.1, 0.15) is 12.8 Å². The van der Waals surface area contributed by atoms with E-state index in [4.69, 9.17) is 5.11 Å². The summed E-state index contributed by atoms with van der Waals surface area (Å²) in [5.74, 6) is -2.11. The lowest BCUT2D eigenvalue weighted by molar-refractivity contribution is -0.147. The Morgan fingerprint density at radius 3 is 2.42 bits per heavy atom. The monoisotopic (exact) mass is 262 g/mol. The molecule has 5 nitrogen and oxygen atoms in total. The van der Waals surface area contributed by atoms with Crippen molar-refractivity contribution < 1.29 is 14.7 Å². The number of carbonyl (C=O) groups is 2. The molecule has 0 aliphatic heterocycles. The number of hydrogen-bond acceptors (Lipinski definition) is 2. The van der Waals surface area contributed by atoms with Crippen molar-refractivity contribution in [2.45, 2.75) is 19.4 Å². The van der Waals surface area contributed by atoms with Gasteiger partial charge in [0, 0.05) is 25.5 Å². The Kier molecular flexibility index (Phi) is 4.39. The van der Waals surface area contributed by atoms with E-state index >= 15 is 0 Å². The molecular formula is C14H18N2O3. The summed E-state index contributed by atoms with van der Waals surface area (Å²) in [6.07, 6.45) is 8.51. The van der Waals surface area contributed by atoms with Crippen LogP contribution in [0, 0.1) is 11.8 Å². The molecule has 1 aromatic heterocycles. The van der Waals surface area contributed by atoms with Crippen LogP contribution in [0.5, 0.6) is 0 Å². The van der Waals surface area contributed by atoms with Gasteiger partial charge in [0.15, 0.2) is 0 Å². The summed E-state index contributed by atoms with van der Waals surface area (Å²) in [5.41, 5.74) is 0. The fourth-order valence-corrected chi connectivity index (χ4v) is 2.34. The molecule has 2 atom stereocenters. The third-order valence-electron chi connectivity index (χ3n) is 3.42. The maximum atomic E-state index is 12.0. The summed E-state index contributed by atoms with van der Waals surface area (Å²) in [7, 11) is 0. The summed E-state index contributed by atoms with van der Waals surface area (Å²) < 4.78 is 1.97. The number of rotatable bonds is 5. The summed E-state index contributed by atoms with van der Waals surface area (Å²) in [6, 6.07) is 3.85. The molecule has 2 N–H and O–H groups in total. The average molecular weight is 262 g/mol. The van der Waals surface area contributed by atoms with Gasteiger partial charge in [-0.1, -0.05) is 12.2 Å². The van der Waals surface area contributed by atoms with E-state index < -0.39 is 17.8 Å². The zero-order valence-electron chi connectivity index (χ0n) is 10.7. The van der Waals surface area contributed by atoms with E-state index in [9.17, 15) is 9.59 Å². The van der Waals surface area contributed by atoms with Crippen LogP contribution in [-0.4, -0.2) is 28.1 Å². The van der Waals surface area contributed by atoms with Crippen molar-refractivity contribution in [2.75, 3.05) is 6.54 Å². The van der Waals surface area contributed by atoms with Gasteiger partial charge in [-0.15, -0.1) is 0 Å². The molecule has 102 valence electrons. The Morgan fingerprint density at radius 2 is 1.79 bits per heavy atom. The first kappa shape index (κ1) is 13.4. The van der Waals surface area contributed by atoms with Gasteiger partial charge >= 0.3 is 5.97 Å². The molecule has 1 aliphatic rings. The number of carboxylic acid groups (broad SMARTS) is 1. The normalized spacial score (nSPS) is 22.1. The molecule has 5 heteroatoms. The minimum atomic E-state index is -0.894. The van der Waals surface area contributed by atoms with Gasteiger partial charge in [0.25, 0.3) is 0 Å². The van der Waals surface area contributed by atoms with E-state index in [0.717, 1.165) is 0 Å². The third-order valence-corrected chi connectivity index (χ3v) is 3.42. The Hall–Kier alpha value is -2.04. The topological polar surface area (TPSA) is 71.3 Å². The molecule has 2 rings (SSSR count). The van der Waals surface area contributed by atoms with Gasteiger partial charge in [0.2, 0.25) is 5.91 Å². The highest BCUT2D eigenvalue weighted by Crippen LogP contribution is 2.25. The molecule has 0 radical (unpaired) electrons. The molecule has 19 heavy (non-hydrogen) atoms. The predicted molar refractivity (Wildman–Crippen MR) is 70.4 cm³/mol. The highest BCUT2D eigenvalue weighted by atomic mass is 16.4. The van der Waals surface area contributed by atoms with Gasteiger partial charge in [-0.25, -0.2) is 0 Å². The van der Waals surface area contributed by atoms with Gasteiger partial charge < -0.3 is 15.0 Å². The number of carbonyl (C=O) groups excluding carboxylic acids is 1. The second-order valence-electron chi connectivity index (χ2n) is 4.71. The standard InChI is InChI=1S/C14H18N2O3/c17-13(15-7-10-16-8-3-4-9-16)11-5-1-2-6-12(11)14(18)19/h1-4,8-9,11-12H,5-7,10H2,(H,15,17)(H,18,19). The highest BCUT2D eigenvalue weighted by Gasteiger charge is 2.33. The minimum absolute atomic E-state index is 0.163. The number of aromatic nitrogens is 1. The van der Waals surface area contributed by atoms with E-state index in [0.29, 0.717) is 25.9 Å². The molecule has 0 aromatic carbocycles. The molecule has 2 unspecified atom stereocenters. The quantitative estimate of drug-likeness (QED) is 0.785. The van der Waals surface area contributed by atoms with Crippen molar-refractivity contribution in [3.05, 3.63) is 36.7 Å². The maximum absolute atomic E-state index is 12.0. The Balaban J connectivity index is 1.84. The van der Waals surface area contributed by atoms with E-state index in [2.05, 4.69) is 5.32 Å². The molecule has 0 saturated heterocycles. The van der Waals surface area contributed by atoms with Crippen LogP contribution in [-0.2, 0) is 16.1 Å². The molecule has 0 bridgehead atoms. The van der Waals surface area contributed by atoms with Gasteiger partial charge in [-0.3, -0.25) is 9.59 Å². The number of carboxylic acids is 1. The third kappa shape index (κ3) is 3.47. The smallest absolute Gasteiger partial charge is 0.307 e. The Labute approximate surface area is 111 Å². The lowest BCUT2D eigenvalue weighted by Gasteiger charge is -2.24. The molecule has 0 saturated carbocycles. The number of amides is 1. The number of hydrogen-bond donors (Lipinski definition) is 2. The van der Waals surface area contributed by atoms with Gasteiger partial charge in [-0.2, -0.15) is 0 Å². The van der Waals surface area contributed by atoms with E-state index in [1.54, 1.807) is 0 Å². The van der Waals surface area contributed by atoms with Crippen LogP contribution in [0.4, 0.5) is 0 Å². The summed E-state index contributed by atoms with van der Waals surface area (Å²) in [4.78, 5) is 23.1. The Morgan fingerprint density at radius 1 is 1.16 bits per heavy atom. The Bertz CT molecular complexity index is 465. The molecular weight excluding hydrogens is 244 g/mol. The van der Waals surface area contributed by atoms with Crippen LogP contribution < -0.4 is 5.32 Å². The SMILES string of the molecule is O=C(O)C1CC=CCC1C(=O)NCCn1cccc1. The molecule has 1 heterocycles. The number of nitrogens with one attached hydrogen (secondary N) is 1. The zero-order chi connectivity index (χ0) is 13.7. The van der Waals surface area contributed by atoms with Crippen molar-refractivity contribution >= 4 is 11.9 Å². The first-order chi connectivity index (χ1) is 9.18. The van der Waals surface area contributed by atoms with Crippen molar-refractivity contribution in [3.8, 4) is 0 Å². The van der Waals surface area contributed by atoms with Crippen molar-refractivity contribution in [2.24, 2.45) is 11.8 Å². The number of allylic oxidation sites excluding steroid dienone is 2. The fraction of sp³-hybridized carbons (Fsp3) is 0.429. The van der Waals surface area contributed by atoms with Gasteiger partial charge in [0.05, 0.1) is 11.8 Å². The second kappa shape index (κ2) is 6.22. The molecule has 1 aliphatic carbocycles. The first-order valence-corrected chi connectivity index (χ1v) is 6.45. The van der Waals surface area contributed by atoms with Gasteiger partial charge in [0.1, 0.15) is 0 Å². The minimum Gasteiger partial charge on any atom is -0.481 e. The average Bonchev–Trinajstić information content (AvgIpc) is 2.91. The lowest BCUT2D eigenvalue weighted by atomic mass is 9.82. The van der Waals surface area contributed by atoms with Crippen molar-refractivity contribution in [1.29, 1.82) is 0 Å². The summed E-state index contributed by atoms with van der Waals surface area (Å²) >= 11 is 0. The first-order valence-electron chi connectivity index (χ1n) is 6.45. The second-order valence-corrected chi connectivity index (χ2v) is 4.71. The van der Waals surface area contributed by atoms with E-state index in [1.807, 2.05) is 41.2 Å². The van der Waals surface area contributed by atoms with Crippen molar-refractivity contribution in [1.82, 2.24) is 9.88 Å². The largest absolute Gasteiger partial charge is 0.481 e. The van der Waals surface area contributed by atoms with Crippen LogP contribution in [0.15, 0.2) is 36.7 Å². The summed E-state index contributed by atoms with van der Waals surface area (Å²) in [6.45, 7) is 1.21. The molecule has 0 spiro atoms. The molecule has 0 fully saturated rings. The number of aliphatic carboxylic acids is 1. The van der Waals surface area contributed by atoms with Crippen LogP contribution in [0.2, 0.25) is 0 Å². The number of nitrogens with zero attached hydrogens (tertiary/aromatic N) is 1. The lowest BCUT2D eigenvalue weighted by Crippen LogP contribution is -2.39. The van der Waals surface area contributed by atoms with E-state index in [-0.39, 0.29) is 5.91 Å². The van der Waals surface area contributed by atoms with Crippen LogP contribution in [0.3, 0.4) is 0 Å². The molecule has 1 amide bonds. The molecule has 1 aromatic rings. The van der Waals surface area contributed by atoms with Crippen LogP contribution >= 0.6 is 0 Å². The predicted octanol–water partition coefficient (Wildman–Crippen LogP) is 1.27.